The summed E-state index contributed by atoms with van der Waals surface area (Å²) in [6, 6.07) is 0.128. The fraction of sp³-hybridized carbons (Fsp3) is 0.692. The number of ether oxygens (including phenoxy) is 1. The molecule has 0 aliphatic carbocycles. The lowest BCUT2D eigenvalue weighted by Gasteiger charge is -2.12. The normalized spacial score (nSPS) is 12.1. The highest BCUT2D eigenvalue weighted by atomic mass is 32.2. The van der Waals surface area contributed by atoms with Crippen LogP contribution in [0.15, 0.2) is 0 Å². The third-order valence-electron chi connectivity index (χ3n) is 2.72. The third kappa shape index (κ3) is 6.54. The molecule has 0 aliphatic rings. The fourth-order valence-corrected chi connectivity index (χ4v) is 3.22. The van der Waals surface area contributed by atoms with Gasteiger partial charge in [-0.25, -0.2) is 4.98 Å². The van der Waals surface area contributed by atoms with Crippen LogP contribution in [0.4, 0.5) is 10.9 Å². The maximum atomic E-state index is 12.2. The second kappa shape index (κ2) is 9.86. The second-order valence-electron chi connectivity index (χ2n) is 4.51. The van der Waals surface area contributed by atoms with E-state index in [1.807, 2.05) is 18.7 Å². The zero-order valence-electron chi connectivity index (χ0n) is 12.8. The van der Waals surface area contributed by atoms with Crippen LogP contribution in [0.25, 0.3) is 0 Å². The van der Waals surface area contributed by atoms with Crippen molar-refractivity contribution in [2.75, 3.05) is 42.8 Å². The molecule has 0 spiro atoms. The van der Waals surface area contributed by atoms with E-state index in [4.69, 9.17) is 10.5 Å². The average molecular weight is 332 g/mol. The molecular formula is C13H24N4O2S2. The van der Waals surface area contributed by atoms with Gasteiger partial charge in [0.15, 0.2) is 5.13 Å². The van der Waals surface area contributed by atoms with E-state index >= 15 is 0 Å². The van der Waals surface area contributed by atoms with Crippen molar-refractivity contribution in [3.05, 3.63) is 4.88 Å². The molecule has 1 aromatic heterocycles. The monoisotopic (exact) mass is 332 g/mol. The molecule has 0 aliphatic heterocycles. The molecule has 0 radical (unpaired) electrons. The van der Waals surface area contributed by atoms with Crippen LogP contribution in [-0.2, 0) is 4.74 Å². The number of methoxy groups -OCH3 is 1. The minimum atomic E-state index is -0.154. The summed E-state index contributed by atoms with van der Waals surface area (Å²) < 4.78 is 4.95. The quantitative estimate of drug-likeness (QED) is 0.568. The molecule has 0 saturated heterocycles. The van der Waals surface area contributed by atoms with E-state index < -0.39 is 0 Å². The lowest BCUT2D eigenvalue weighted by atomic mass is 10.2. The van der Waals surface area contributed by atoms with E-state index in [2.05, 4.69) is 22.5 Å². The van der Waals surface area contributed by atoms with E-state index in [1.165, 1.54) is 11.3 Å². The van der Waals surface area contributed by atoms with E-state index in [-0.39, 0.29) is 17.8 Å². The number of thiazole rings is 1. The molecule has 0 bridgehead atoms. The van der Waals surface area contributed by atoms with Gasteiger partial charge in [-0.2, -0.15) is 11.8 Å². The molecule has 1 aromatic rings. The number of hydrogen-bond acceptors (Lipinski definition) is 7. The van der Waals surface area contributed by atoms with Gasteiger partial charge in [-0.1, -0.05) is 18.3 Å². The first-order chi connectivity index (χ1) is 10.1. The molecule has 4 N–H and O–H groups in total. The van der Waals surface area contributed by atoms with Gasteiger partial charge in [-0.05, 0) is 24.9 Å². The van der Waals surface area contributed by atoms with Gasteiger partial charge < -0.3 is 21.1 Å². The smallest absolute Gasteiger partial charge is 0.265 e. The van der Waals surface area contributed by atoms with E-state index in [1.54, 1.807) is 7.11 Å². The van der Waals surface area contributed by atoms with E-state index in [0.29, 0.717) is 23.2 Å². The van der Waals surface area contributed by atoms with E-state index in [0.717, 1.165) is 17.9 Å². The SMILES string of the molecule is CCSCCC(C)NC(=O)c1sc(NCCOC)nc1N. The summed E-state index contributed by atoms with van der Waals surface area (Å²) in [6.45, 7) is 5.34. The largest absolute Gasteiger partial charge is 0.383 e. The first kappa shape index (κ1) is 18.1. The van der Waals surface area contributed by atoms with Crippen molar-refractivity contribution in [3.63, 3.8) is 0 Å². The summed E-state index contributed by atoms with van der Waals surface area (Å²) >= 11 is 3.14. The first-order valence-electron chi connectivity index (χ1n) is 6.96. The highest BCUT2D eigenvalue weighted by Crippen LogP contribution is 2.24. The molecule has 0 fully saturated rings. The summed E-state index contributed by atoms with van der Waals surface area (Å²) in [4.78, 5) is 16.8. The molecular weight excluding hydrogens is 308 g/mol. The minimum absolute atomic E-state index is 0.128. The standard InChI is InChI=1S/C13H24N4O2S2/c1-4-20-8-5-9(2)16-12(18)10-11(14)17-13(21-10)15-6-7-19-3/h9H,4-8,14H2,1-3H3,(H,15,17)(H,16,18). The number of nitrogen functional groups attached to an aromatic ring is 1. The van der Waals surface area contributed by atoms with Crippen LogP contribution in [0.5, 0.6) is 0 Å². The Morgan fingerprint density at radius 1 is 1.57 bits per heavy atom. The van der Waals surface area contributed by atoms with Gasteiger partial charge in [0.2, 0.25) is 0 Å². The number of nitrogens with zero attached hydrogens (tertiary/aromatic N) is 1. The molecule has 1 atom stereocenters. The number of amides is 1. The molecule has 0 saturated carbocycles. The number of rotatable bonds is 10. The zero-order valence-corrected chi connectivity index (χ0v) is 14.4. The van der Waals surface area contributed by atoms with Gasteiger partial charge in [0.1, 0.15) is 10.7 Å². The van der Waals surface area contributed by atoms with Crippen LogP contribution in [0.1, 0.15) is 29.9 Å². The molecule has 0 aromatic carbocycles. The van der Waals surface area contributed by atoms with Crippen LogP contribution in [0.3, 0.4) is 0 Å². The third-order valence-corrected chi connectivity index (χ3v) is 4.68. The van der Waals surface area contributed by atoms with Crippen molar-refractivity contribution in [1.82, 2.24) is 10.3 Å². The molecule has 1 heterocycles. The number of nitrogens with two attached hydrogens (primary N) is 1. The Morgan fingerprint density at radius 2 is 2.33 bits per heavy atom. The van der Waals surface area contributed by atoms with Crippen LogP contribution >= 0.6 is 23.1 Å². The minimum Gasteiger partial charge on any atom is -0.383 e. The summed E-state index contributed by atoms with van der Waals surface area (Å²) in [6.07, 6.45) is 0.946. The van der Waals surface area contributed by atoms with Crippen molar-refractivity contribution in [2.45, 2.75) is 26.3 Å². The van der Waals surface area contributed by atoms with Gasteiger partial charge in [-0.3, -0.25) is 4.79 Å². The summed E-state index contributed by atoms with van der Waals surface area (Å²) in [7, 11) is 1.63. The Balaban J connectivity index is 2.49. The van der Waals surface area contributed by atoms with Crippen molar-refractivity contribution in [3.8, 4) is 0 Å². The Labute approximate surface area is 134 Å². The summed E-state index contributed by atoms with van der Waals surface area (Å²) in [5.41, 5.74) is 5.81. The maximum Gasteiger partial charge on any atom is 0.265 e. The molecule has 8 heteroatoms. The summed E-state index contributed by atoms with van der Waals surface area (Å²) in [5, 5.41) is 6.68. The predicted molar refractivity (Wildman–Crippen MR) is 91.4 cm³/mol. The Bertz CT molecular complexity index is 440. The fourth-order valence-electron chi connectivity index (χ4n) is 1.60. The van der Waals surface area contributed by atoms with Crippen LogP contribution < -0.4 is 16.4 Å². The Morgan fingerprint density at radius 3 is 3.00 bits per heavy atom. The topological polar surface area (TPSA) is 89.3 Å². The Kier molecular flexibility index (Phi) is 8.48. The second-order valence-corrected chi connectivity index (χ2v) is 6.91. The van der Waals surface area contributed by atoms with E-state index in [9.17, 15) is 4.79 Å². The molecule has 1 unspecified atom stereocenters. The van der Waals surface area contributed by atoms with Crippen molar-refractivity contribution in [2.24, 2.45) is 0 Å². The van der Waals surface area contributed by atoms with Gasteiger partial charge >= 0.3 is 0 Å². The highest BCUT2D eigenvalue weighted by molar-refractivity contribution is 7.99. The van der Waals surface area contributed by atoms with Crippen molar-refractivity contribution >= 4 is 40.0 Å². The van der Waals surface area contributed by atoms with Crippen molar-refractivity contribution in [1.29, 1.82) is 0 Å². The predicted octanol–water partition coefficient (Wildman–Crippen LogP) is 2.05. The molecule has 1 rings (SSSR count). The number of carbonyl (C=O) groups is 1. The number of hydrogen-bond donors (Lipinski definition) is 3. The molecule has 21 heavy (non-hydrogen) atoms. The highest BCUT2D eigenvalue weighted by Gasteiger charge is 2.17. The Hall–Kier alpha value is -0.990. The first-order valence-corrected chi connectivity index (χ1v) is 8.93. The van der Waals surface area contributed by atoms with Gasteiger partial charge in [0.05, 0.1) is 6.61 Å². The van der Waals surface area contributed by atoms with Gasteiger partial charge in [-0.15, -0.1) is 0 Å². The summed E-state index contributed by atoms with van der Waals surface area (Å²) in [5.74, 6) is 2.25. The lowest BCUT2D eigenvalue weighted by Crippen LogP contribution is -2.32. The van der Waals surface area contributed by atoms with Crippen LogP contribution in [-0.4, -0.2) is 48.7 Å². The van der Waals surface area contributed by atoms with Gasteiger partial charge in [0.25, 0.3) is 5.91 Å². The maximum absolute atomic E-state index is 12.2. The zero-order chi connectivity index (χ0) is 15.7. The number of carbonyl (C=O) groups excluding carboxylic acids is 1. The lowest BCUT2D eigenvalue weighted by molar-refractivity contribution is 0.0944. The molecule has 1 amide bonds. The molecule has 6 nitrogen and oxygen atoms in total. The van der Waals surface area contributed by atoms with Gasteiger partial charge in [0, 0.05) is 19.7 Å². The van der Waals surface area contributed by atoms with Crippen molar-refractivity contribution < 1.29 is 9.53 Å². The number of aromatic nitrogens is 1. The number of anilines is 2. The molecule has 120 valence electrons. The number of thioether (sulfide) groups is 1. The van der Waals surface area contributed by atoms with Crippen LogP contribution in [0.2, 0.25) is 0 Å². The average Bonchev–Trinajstić information content (AvgIpc) is 2.80. The number of nitrogens with one attached hydrogen (secondary N) is 2. The van der Waals surface area contributed by atoms with Crippen LogP contribution in [0, 0.1) is 0 Å².